The zero-order valence-electron chi connectivity index (χ0n) is 18.9. The second kappa shape index (κ2) is 8.98. The summed E-state index contributed by atoms with van der Waals surface area (Å²) in [6, 6.07) is 19.7. The van der Waals surface area contributed by atoms with Crippen LogP contribution in [0.1, 0.15) is 50.8 Å². The molecule has 0 atom stereocenters. The van der Waals surface area contributed by atoms with Crippen LogP contribution in [0.4, 0.5) is 0 Å². The summed E-state index contributed by atoms with van der Waals surface area (Å²) in [4.78, 5) is 12.7. The Labute approximate surface area is 193 Å². The van der Waals surface area contributed by atoms with Crippen molar-refractivity contribution in [2.24, 2.45) is 0 Å². The molecule has 2 aromatic heterocycles. The third-order valence-electron chi connectivity index (χ3n) is 6.20. The van der Waals surface area contributed by atoms with Crippen molar-refractivity contribution >= 4 is 5.91 Å². The van der Waals surface area contributed by atoms with Gasteiger partial charge in [0, 0.05) is 17.8 Å². The Morgan fingerprint density at radius 1 is 1.06 bits per heavy atom. The molecule has 0 saturated heterocycles. The van der Waals surface area contributed by atoms with Crippen molar-refractivity contribution in [3.05, 3.63) is 100 Å². The number of rotatable bonds is 7. The molecule has 1 aliphatic carbocycles. The Morgan fingerprint density at radius 2 is 1.88 bits per heavy atom. The first kappa shape index (κ1) is 21.1. The molecular formula is C27H27N3O3. The van der Waals surface area contributed by atoms with Gasteiger partial charge >= 0.3 is 0 Å². The first-order valence-corrected chi connectivity index (χ1v) is 11.3. The van der Waals surface area contributed by atoms with Gasteiger partial charge in [-0.15, -0.1) is 0 Å². The molecule has 0 bridgehead atoms. The smallest absolute Gasteiger partial charge is 0.287 e. The lowest BCUT2D eigenvalue weighted by Crippen LogP contribution is -2.23. The van der Waals surface area contributed by atoms with Crippen molar-refractivity contribution in [2.75, 3.05) is 0 Å². The number of para-hydroxylation sites is 1. The van der Waals surface area contributed by atoms with Gasteiger partial charge in [0.15, 0.2) is 5.76 Å². The number of fused-ring (bicyclic) bond motifs is 1. The Balaban J connectivity index is 1.20. The highest BCUT2D eigenvalue weighted by atomic mass is 16.5. The average molecular weight is 442 g/mol. The number of benzene rings is 2. The molecule has 6 nitrogen and oxygen atoms in total. The number of aromatic nitrogens is 2. The van der Waals surface area contributed by atoms with Crippen LogP contribution in [0.5, 0.6) is 5.75 Å². The van der Waals surface area contributed by atoms with Crippen LogP contribution in [0.2, 0.25) is 0 Å². The maximum atomic E-state index is 12.7. The number of ether oxygens (including phenoxy) is 1. The van der Waals surface area contributed by atoms with Crippen molar-refractivity contribution < 1.29 is 13.9 Å². The standard InChI is InChI=1S/C27H27N3O3/c1-18-25(19(2)30(29-18)22-9-4-3-5-10-22)16-28-27(31)26-14-13-24(33-26)17-32-23-12-11-20-7-6-8-21(20)15-23/h3-5,9-15H,6-8,16-17H2,1-2H3,(H,28,31). The molecule has 0 saturated carbocycles. The van der Waals surface area contributed by atoms with E-state index in [-0.39, 0.29) is 18.3 Å². The first-order chi connectivity index (χ1) is 16.1. The Kier molecular flexibility index (Phi) is 5.73. The molecule has 0 radical (unpaired) electrons. The summed E-state index contributed by atoms with van der Waals surface area (Å²) >= 11 is 0. The van der Waals surface area contributed by atoms with E-state index in [0.717, 1.165) is 41.2 Å². The predicted octanol–water partition coefficient (Wildman–Crippen LogP) is 5.08. The van der Waals surface area contributed by atoms with Gasteiger partial charge in [0.25, 0.3) is 5.91 Å². The first-order valence-electron chi connectivity index (χ1n) is 11.3. The quantitative estimate of drug-likeness (QED) is 0.434. The summed E-state index contributed by atoms with van der Waals surface area (Å²) in [6.07, 6.45) is 3.47. The topological polar surface area (TPSA) is 69.3 Å². The van der Waals surface area contributed by atoms with E-state index >= 15 is 0 Å². The summed E-state index contributed by atoms with van der Waals surface area (Å²) < 4.78 is 13.5. The summed E-state index contributed by atoms with van der Waals surface area (Å²) in [7, 11) is 0. The van der Waals surface area contributed by atoms with Crippen LogP contribution in [0.3, 0.4) is 0 Å². The molecule has 5 rings (SSSR count). The zero-order valence-corrected chi connectivity index (χ0v) is 18.9. The molecule has 0 aliphatic heterocycles. The third kappa shape index (κ3) is 4.42. The van der Waals surface area contributed by atoms with Crippen molar-refractivity contribution in [2.45, 2.75) is 46.3 Å². The fourth-order valence-corrected chi connectivity index (χ4v) is 4.38. The van der Waals surface area contributed by atoms with Crippen LogP contribution in [0.15, 0.2) is 65.1 Å². The predicted molar refractivity (Wildman–Crippen MR) is 126 cm³/mol. The lowest BCUT2D eigenvalue weighted by atomic mass is 10.1. The van der Waals surface area contributed by atoms with Gasteiger partial charge in [0.2, 0.25) is 0 Å². The molecule has 168 valence electrons. The molecule has 0 spiro atoms. The van der Waals surface area contributed by atoms with E-state index in [1.807, 2.05) is 54.9 Å². The van der Waals surface area contributed by atoms with Gasteiger partial charge in [-0.3, -0.25) is 4.79 Å². The van der Waals surface area contributed by atoms with Crippen LogP contribution >= 0.6 is 0 Å². The molecule has 2 aromatic carbocycles. The molecule has 4 aromatic rings. The van der Waals surface area contributed by atoms with Crippen molar-refractivity contribution in [3.8, 4) is 11.4 Å². The van der Waals surface area contributed by atoms with Crippen LogP contribution in [0.25, 0.3) is 5.69 Å². The molecule has 1 aliphatic rings. The van der Waals surface area contributed by atoms with Gasteiger partial charge in [-0.05, 0) is 80.6 Å². The third-order valence-corrected chi connectivity index (χ3v) is 6.20. The number of furan rings is 1. The summed E-state index contributed by atoms with van der Waals surface area (Å²) in [5.74, 6) is 1.46. The molecule has 1 N–H and O–H groups in total. The van der Waals surface area contributed by atoms with E-state index in [1.165, 1.54) is 17.5 Å². The number of nitrogens with zero attached hydrogens (tertiary/aromatic N) is 2. The minimum Gasteiger partial charge on any atom is -0.486 e. The number of nitrogens with one attached hydrogen (secondary N) is 1. The highest BCUT2D eigenvalue weighted by molar-refractivity contribution is 5.91. The summed E-state index contributed by atoms with van der Waals surface area (Å²) in [5, 5.41) is 7.59. The molecule has 33 heavy (non-hydrogen) atoms. The second-order valence-corrected chi connectivity index (χ2v) is 8.42. The minimum absolute atomic E-state index is 0.259. The maximum absolute atomic E-state index is 12.7. The van der Waals surface area contributed by atoms with Gasteiger partial charge in [0.05, 0.1) is 11.4 Å². The van der Waals surface area contributed by atoms with Crippen LogP contribution in [-0.2, 0) is 26.0 Å². The zero-order chi connectivity index (χ0) is 22.8. The van der Waals surface area contributed by atoms with Gasteiger partial charge in [-0.25, -0.2) is 4.68 Å². The van der Waals surface area contributed by atoms with E-state index in [2.05, 4.69) is 22.5 Å². The fourth-order valence-electron chi connectivity index (χ4n) is 4.38. The van der Waals surface area contributed by atoms with E-state index in [0.29, 0.717) is 12.3 Å². The van der Waals surface area contributed by atoms with Crippen LogP contribution < -0.4 is 10.1 Å². The van der Waals surface area contributed by atoms with E-state index in [4.69, 9.17) is 9.15 Å². The Bertz CT molecular complexity index is 1290. The van der Waals surface area contributed by atoms with Crippen LogP contribution in [-0.4, -0.2) is 15.7 Å². The summed E-state index contributed by atoms with van der Waals surface area (Å²) in [6.45, 7) is 4.63. The largest absolute Gasteiger partial charge is 0.486 e. The maximum Gasteiger partial charge on any atom is 0.287 e. The average Bonchev–Trinajstić information content (AvgIpc) is 3.56. The van der Waals surface area contributed by atoms with Gasteiger partial charge in [0.1, 0.15) is 18.1 Å². The minimum atomic E-state index is -0.259. The molecular weight excluding hydrogens is 414 g/mol. The van der Waals surface area contributed by atoms with E-state index < -0.39 is 0 Å². The second-order valence-electron chi connectivity index (χ2n) is 8.42. The fraction of sp³-hybridized carbons (Fsp3) is 0.259. The number of hydrogen-bond acceptors (Lipinski definition) is 4. The van der Waals surface area contributed by atoms with Crippen LogP contribution in [0, 0.1) is 13.8 Å². The number of carbonyl (C=O) groups is 1. The van der Waals surface area contributed by atoms with Gasteiger partial charge < -0.3 is 14.5 Å². The highest BCUT2D eigenvalue weighted by Crippen LogP contribution is 2.26. The number of hydrogen-bond donors (Lipinski definition) is 1. The normalized spacial score (nSPS) is 12.5. The highest BCUT2D eigenvalue weighted by Gasteiger charge is 2.17. The van der Waals surface area contributed by atoms with Gasteiger partial charge in [-0.2, -0.15) is 5.10 Å². The Morgan fingerprint density at radius 3 is 2.73 bits per heavy atom. The summed E-state index contributed by atoms with van der Waals surface area (Å²) in [5.41, 5.74) is 6.67. The number of carbonyl (C=O) groups excluding carboxylic acids is 1. The van der Waals surface area contributed by atoms with Gasteiger partial charge in [-0.1, -0.05) is 24.3 Å². The monoisotopic (exact) mass is 441 g/mol. The molecule has 0 fully saturated rings. The van der Waals surface area contributed by atoms with Crippen molar-refractivity contribution in [3.63, 3.8) is 0 Å². The number of amides is 1. The van der Waals surface area contributed by atoms with Crippen molar-refractivity contribution in [1.82, 2.24) is 15.1 Å². The molecule has 1 amide bonds. The SMILES string of the molecule is Cc1nn(-c2ccccc2)c(C)c1CNC(=O)c1ccc(COc2ccc3c(c2)CCC3)o1. The lowest BCUT2D eigenvalue weighted by Gasteiger charge is -2.07. The molecule has 2 heterocycles. The Hall–Kier alpha value is -3.80. The molecule has 6 heteroatoms. The number of aryl methyl sites for hydroxylation is 3. The van der Waals surface area contributed by atoms with E-state index in [9.17, 15) is 4.79 Å². The lowest BCUT2D eigenvalue weighted by molar-refractivity contribution is 0.0919. The van der Waals surface area contributed by atoms with Crippen molar-refractivity contribution in [1.29, 1.82) is 0 Å². The molecule has 0 unspecified atom stereocenters. The van der Waals surface area contributed by atoms with E-state index in [1.54, 1.807) is 12.1 Å².